The Morgan fingerprint density at radius 1 is 1.28 bits per heavy atom. The third-order valence-corrected chi connectivity index (χ3v) is 7.12. The molecule has 0 radical (unpaired) electrons. The van der Waals surface area contributed by atoms with E-state index in [0.29, 0.717) is 28.9 Å². The van der Waals surface area contributed by atoms with Gasteiger partial charge in [-0.1, -0.05) is 38.9 Å². The van der Waals surface area contributed by atoms with Gasteiger partial charge in [0.1, 0.15) is 5.75 Å². The Morgan fingerprint density at radius 2 is 2.09 bits per heavy atom. The van der Waals surface area contributed by atoms with E-state index in [1.807, 2.05) is 31.2 Å². The summed E-state index contributed by atoms with van der Waals surface area (Å²) in [5.41, 5.74) is 1.31. The Balaban J connectivity index is 1.60. The van der Waals surface area contributed by atoms with Crippen molar-refractivity contribution in [3.63, 3.8) is 0 Å². The van der Waals surface area contributed by atoms with Gasteiger partial charge in [0.05, 0.1) is 40.6 Å². The summed E-state index contributed by atoms with van der Waals surface area (Å²) in [5, 5.41) is 1.09. The zero-order valence-electron chi connectivity index (χ0n) is 17.9. The molecular formula is C23H25BrClN3O3S. The van der Waals surface area contributed by atoms with Crippen LogP contribution in [0, 0.1) is 0 Å². The maximum atomic E-state index is 13.6. The van der Waals surface area contributed by atoms with E-state index < -0.39 is 0 Å². The standard InChI is InChI=1S/C23H25BrClN3O3S/c1-2-31-17-5-7-20-21(15-17)32-23(26-20)28(9-3-8-27-10-12-30-13-11-27)22(29)18-14-16(24)4-6-19(18)25/h4-7,14-15H,2-3,8-13H2,1H3. The number of benzene rings is 2. The van der Waals surface area contributed by atoms with Crippen LogP contribution in [-0.4, -0.2) is 61.8 Å². The van der Waals surface area contributed by atoms with Crippen molar-refractivity contribution in [2.24, 2.45) is 0 Å². The molecule has 0 N–H and O–H groups in total. The predicted octanol–water partition coefficient (Wildman–Crippen LogP) is 5.48. The first-order valence-electron chi connectivity index (χ1n) is 10.7. The molecule has 3 aromatic rings. The first kappa shape index (κ1) is 23.4. The Hall–Kier alpha value is -1.71. The Labute approximate surface area is 205 Å². The van der Waals surface area contributed by atoms with Crippen LogP contribution in [0.3, 0.4) is 0 Å². The SMILES string of the molecule is CCOc1ccc2nc(N(CCCN3CCOCC3)C(=O)c3cc(Br)ccc3Cl)sc2c1. The van der Waals surface area contributed by atoms with Crippen molar-refractivity contribution in [1.82, 2.24) is 9.88 Å². The molecule has 1 amide bonds. The van der Waals surface area contributed by atoms with E-state index in [2.05, 4.69) is 20.8 Å². The van der Waals surface area contributed by atoms with E-state index in [4.69, 9.17) is 26.1 Å². The monoisotopic (exact) mass is 537 g/mol. The number of hydrogen-bond acceptors (Lipinski definition) is 6. The lowest BCUT2D eigenvalue weighted by Crippen LogP contribution is -2.39. The number of morpholine rings is 1. The molecular weight excluding hydrogens is 514 g/mol. The van der Waals surface area contributed by atoms with Crippen LogP contribution >= 0.6 is 38.9 Å². The summed E-state index contributed by atoms with van der Waals surface area (Å²) in [6.07, 6.45) is 0.831. The summed E-state index contributed by atoms with van der Waals surface area (Å²) in [5.74, 6) is 0.651. The number of amides is 1. The fraction of sp³-hybridized carbons (Fsp3) is 0.391. The lowest BCUT2D eigenvalue weighted by Gasteiger charge is -2.27. The van der Waals surface area contributed by atoms with Gasteiger partial charge in [-0.15, -0.1) is 0 Å². The Bertz CT molecular complexity index is 1090. The molecule has 9 heteroatoms. The normalized spacial score (nSPS) is 14.6. The summed E-state index contributed by atoms with van der Waals surface area (Å²) in [7, 11) is 0. The lowest BCUT2D eigenvalue weighted by molar-refractivity contribution is 0.0376. The highest BCUT2D eigenvalue weighted by Gasteiger charge is 2.24. The number of thiazole rings is 1. The van der Waals surface area contributed by atoms with E-state index >= 15 is 0 Å². The molecule has 0 saturated carbocycles. The van der Waals surface area contributed by atoms with Gasteiger partial charge in [-0.05, 0) is 49.7 Å². The van der Waals surface area contributed by atoms with E-state index in [-0.39, 0.29) is 5.91 Å². The zero-order chi connectivity index (χ0) is 22.5. The first-order chi connectivity index (χ1) is 15.5. The van der Waals surface area contributed by atoms with Crippen LogP contribution in [0.25, 0.3) is 10.2 Å². The largest absolute Gasteiger partial charge is 0.494 e. The fourth-order valence-electron chi connectivity index (χ4n) is 3.63. The molecule has 2 aromatic carbocycles. The Kier molecular flexibility index (Phi) is 8.02. The second-order valence-electron chi connectivity index (χ2n) is 7.45. The van der Waals surface area contributed by atoms with Gasteiger partial charge in [0.15, 0.2) is 5.13 Å². The van der Waals surface area contributed by atoms with Gasteiger partial charge < -0.3 is 9.47 Å². The maximum absolute atomic E-state index is 13.6. The second-order valence-corrected chi connectivity index (χ2v) is 9.78. The number of carbonyl (C=O) groups excluding carboxylic acids is 1. The van der Waals surface area contributed by atoms with Crippen molar-refractivity contribution < 1.29 is 14.3 Å². The molecule has 4 rings (SSSR count). The highest BCUT2D eigenvalue weighted by atomic mass is 79.9. The van der Waals surface area contributed by atoms with Crippen LogP contribution in [0.2, 0.25) is 5.02 Å². The van der Waals surface area contributed by atoms with Crippen molar-refractivity contribution >= 4 is 60.1 Å². The highest BCUT2D eigenvalue weighted by Crippen LogP contribution is 2.33. The molecule has 1 saturated heterocycles. The molecule has 2 heterocycles. The van der Waals surface area contributed by atoms with Crippen LogP contribution in [0.5, 0.6) is 5.75 Å². The third kappa shape index (κ3) is 5.61. The van der Waals surface area contributed by atoms with E-state index in [0.717, 1.165) is 59.7 Å². The van der Waals surface area contributed by atoms with Gasteiger partial charge in [0.25, 0.3) is 5.91 Å². The molecule has 1 aliphatic rings. The van der Waals surface area contributed by atoms with E-state index in [9.17, 15) is 4.79 Å². The van der Waals surface area contributed by atoms with Crippen LogP contribution in [0.1, 0.15) is 23.7 Å². The molecule has 0 spiro atoms. The average Bonchev–Trinajstić information content (AvgIpc) is 3.22. The van der Waals surface area contributed by atoms with Gasteiger partial charge in [0.2, 0.25) is 0 Å². The van der Waals surface area contributed by atoms with Gasteiger partial charge in [-0.3, -0.25) is 14.6 Å². The summed E-state index contributed by atoms with van der Waals surface area (Å²) in [4.78, 5) is 22.4. The number of halogens is 2. The van der Waals surface area contributed by atoms with Crippen molar-refractivity contribution in [3.8, 4) is 5.75 Å². The minimum atomic E-state index is -0.151. The van der Waals surface area contributed by atoms with Crippen LogP contribution in [0.15, 0.2) is 40.9 Å². The zero-order valence-corrected chi connectivity index (χ0v) is 21.0. The smallest absolute Gasteiger partial charge is 0.261 e. The van der Waals surface area contributed by atoms with Crippen molar-refractivity contribution in [2.45, 2.75) is 13.3 Å². The summed E-state index contributed by atoms with van der Waals surface area (Å²) in [6, 6.07) is 11.1. The summed E-state index contributed by atoms with van der Waals surface area (Å²) < 4.78 is 12.8. The van der Waals surface area contributed by atoms with Gasteiger partial charge >= 0.3 is 0 Å². The minimum Gasteiger partial charge on any atom is -0.494 e. The van der Waals surface area contributed by atoms with Crippen molar-refractivity contribution in [3.05, 3.63) is 51.5 Å². The van der Waals surface area contributed by atoms with Crippen molar-refractivity contribution in [1.29, 1.82) is 0 Å². The number of aromatic nitrogens is 1. The van der Waals surface area contributed by atoms with Gasteiger partial charge in [0, 0.05) is 30.7 Å². The third-order valence-electron chi connectivity index (χ3n) is 5.25. The molecule has 170 valence electrons. The first-order valence-corrected chi connectivity index (χ1v) is 12.6. The second kappa shape index (κ2) is 10.9. The van der Waals surface area contributed by atoms with Crippen LogP contribution < -0.4 is 9.64 Å². The summed E-state index contributed by atoms with van der Waals surface area (Å²) >= 11 is 11.3. The van der Waals surface area contributed by atoms with Crippen molar-refractivity contribution in [2.75, 3.05) is 50.9 Å². The molecule has 6 nitrogen and oxygen atoms in total. The topological polar surface area (TPSA) is 54.9 Å². The number of ether oxygens (including phenoxy) is 2. The van der Waals surface area contributed by atoms with E-state index in [1.165, 1.54) is 11.3 Å². The number of carbonyl (C=O) groups is 1. The number of rotatable bonds is 8. The molecule has 1 fully saturated rings. The molecule has 0 bridgehead atoms. The van der Waals surface area contributed by atoms with Crippen LogP contribution in [-0.2, 0) is 4.74 Å². The number of anilines is 1. The van der Waals surface area contributed by atoms with Gasteiger partial charge in [-0.2, -0.15) is 0 Å². The lowest BCUT2D eigenvalue weighted by atomic mass is 10.2. The molecule has 1 aromatic heterocycles. The number of hydrogen-bond donors (Lipinski definition) is 0. The molecule has 0 aliphatic carbocycles. The van der Waals surface area contributed by atoms with E-state index in [1.54, 1.807) is 17.0 Å². The molecule has 32 heavy (non-hydrogen) atoms. The number of fused-ring (bicyclic) bond motifs is 1. The average molecular weight is 539 g/mol. The quantitative estimate of drug-likeness (QED) is 0.380. The molecule has 1 aliphatic heterocycles. The van der Waals surface area contributed by atoms with Crippen LogP contribution in [0.4, 0.5) is 5.13 Å². The minimum absolute atomic E-state index is 0.151. The Morgan fingerprint density at radius 3 is 2.88 bits per heavy atom. The van der Waals surface area contributed by atoms with Gasteiger partial charge in [-0.25, -0.2) is 4.98 Å². The highest BCUT2D eigenvalue weighted by molar-refractivity contribution is 9.10. The molecule has 0 atom stereocenters. The maximum Gasteiger partial charge on any atom is 0.261 e. The fourth-order valence-corrected chi connectivity index (χ4v) is 5.21. The predicted molar refractivity (Wildman–Crippen MR) is 133 cm³/mol. The number of nitrogens with zero attached hydrogens (tertiary/aromatic N) is 3. The summed E-state index contributed by atoms with van der Waals surface area (Å²) in [6.45, 7) is 7.38. The molecule has 0 unspecified atom stereocenters.